The lowest BCUT2D eigenvalue weighted by atomic mass is 10.1. The summed E-state index contributed by atoms with van der Waals surface area (Å²) in [7, 11) is 0. The molecule has 2 heterocycles. The van der Waals surface area contributed by atoms with Crippen molar-refractivity contribution in [1.82, 2.24) is 9.97 Å². The molecule has 0 bridgehead atoms. The van der Waals surface area contributed by atoms with E-state index in [1.54, 1.807) is 18.5 Å². The lowest BCUT2D eigenvalue weighted by Gasteiger charge is -2.11. The molecule has 1 aromatic carbocycles. The van der Waals surface area contributed by atoms with E-state index < -0.39 is 0 Å². The minimum absolute atomic E-state index is 0.205. The quantitative estimate of drug-likeness (QED) is 0.647. The van der Waals surface area contributed by atoms with Gasteiger partial charge >= 0.3 is 0 Å². The smallest absolute Gasteiger partial charge is 0.151 e. The molecule has 1 N–H and O–H groups in total. The highest BCUT2D eigenvalue weighted by molar-refractivity contribution is 6.43. The van der Waals surface area contributed by atoms with E-state index in [2.05, 4.69) is 15.3 Å². The van der Waals surface area contributed by atoms with Gasteiger partial charge in [-0.1, -0.05) is 46.9 Å². The predicted octanol–water partition coefficient (Wildman–Crippen LogP) is 5.33. The number of fused-ring (bicyclic) bond motifs is 1. The second-order valence-corrected chi connectivity index (χ2v) is 5.29. The molecule has 6 heteroatoms. The minimum Gasteiger partial charge on any atom is -0.338 e. The number of hydrogen-bond acceptors (Lipinski definition) is 3. The van der Waals surface area contributed by atoms with Crippen LogP contribution in [0.25, 0.3) is 10.8 Å². The van der Waals surface area contributed by atoms with Gasteiger partial charge in [-0.15, -0.1) is 0 Å². The van der Waals surface area contributed by atoms with Crippen LogP contribution in [0.2, 0.25) is 15.2 Å². The summed E-state index contributed by atoms with van der Waals surface area (Å²) < 4.78 is 0. The molecule has 2 aromatic heterocycles. The van der Waals surface area contributed by atoms with Crippen LogP contribution in [0.15, 0.2) is 42.7 Å². The summed E-state index contributed by atoms with van der Waals surface area (Å²) in [6.45, 7) is 0. The van der Waals surface area contributed by atoms with E-state index in [0.29, 0.717) is 15.9 Å². The van der Waals surface area contributed by atoms with E-state index in [1.165, 1.54) is 0 Å². The van der Waals surface area contributed by atoms with E-state index in [4.69, 9.17) is 34.8 Å². The number of benzene rings is 1. The van der Waals surface area contributed by atoms with Crippen molar-refractivity contribution in [2.75, 3.05) is 5.32 Å². The Balaban J connectivity index is 2.08. The summed E-state index contributed by atoms with van der Waals surface area (Å²) in [5.41, 5.74) is 0.850. The molecular formula is C14H8Cl3N3. The third-order valence-corrected chi connectivity index (χ3v) is 3.78. The molecule has 0 saturated heterocycles. The fourth-order valence-corrected chi connectivity index (χ4v) is 2.43. The van der Waals surface area contributed by atoms with Crippen LogP contribution in [0.5, 0.6) is 0 Å². The van der Waals surface area contributed by atoms with E-state index >= 15 is 0 Å². The molecule has 0 amide bonds. The van der Waals surface area contributed by atoms with Gasteiger partial charge < -0.3 is 5.32 Å². The number of halogens is 3. The van der Waals surface area contributed by atoms with Crippen molar-refractivity contribution in [1.29, 1.82) is 0 Å². The molecule has 0 radical (unpaired) electrons. The molecule has 0 fully saturated rings. The van der Waals surface area contributed by atoms with Crippen LogP contribution in [0.1, 0.15) is 0 Å². The van der Waals surface area contributed by atoms with Crippen LogP contribution in [-0.4, -0.2) is 9.97 Å². The summed E-state index contributed by atoms with van der Waals surface area (Å²) >= 11 is 17.9. The van der Waals surface area contributed by atoms with Gasteiger partial charge in [0, 0.05) is 23.5 Å². The first-order chi connectivity index (χ1) is 9.65. The summed E-state index contributed by atoms with van der Waals surface area (Å²) in [6.07, 6.45) is 3.53. The Labute approximate surface area is 130 Å². The number of nitrogens with one attached hydrogen (secondary N) is 1. The van der Waals surface area contributed by atoms with Gasteiger partial charge in [0.15, 0.2) is 5.82 Å². The molecule has 0 aliphatic heterocycles. The SMILES string of the molecule is Clc1cc(Cl)c(Nc2cccc3ccncc23)nc1Cl. The first kappa shape index (κ1) is 13.4. The van der Waals surface area contributed by atoms with Gasteiger partial charge in [0.05, 0.1) is 10.0 Å². The number of aromatic nitrogens is 2. The third-order valence-electron chi connectivity index (χ3n) is 2.82. The predicted molar refractivity (Wildman–Crippen MR) is 84.3 cm³/mol. The topological polar surface area (TPSA) is 37.8 Å². The van der Waals surface area contributed by atoms with Crippen molar-refractivity contribution in [3.05, 3.63) is 57.9 Å². The maximum absolute atomic E-state index is 6.12. The Hall–Kier alpha value is -1.55. The van der Waals surface area contributed by atoms with Crippen LogP contribution < -0.4 is 5.32 Å². The lowest BCUT2D eigenvalue weighted by Crippen LogP contribution is -1.96. The first-order valence-electron chi connectivity index (χ1n) is 5.76. The van der Waals surface area contributed by atoms with Gasteiger partial charge in [0.25, 0.3) is 0 Å². The second kappa shape index (κ2) is 5.44. The van der Waals surface area contributed by atoms with Gasteiger partial charge in [-0.2, -0.15) is 0 Å². The summed E-state index contributed by atoms with van der Waals surface area (Å²) in [5.74, 6) is 0.456. The van der Waals surface area contributed by atoms with Crippen LogP contribution >= 0.6 is 34.8 Å². The number of anilines is 2. The second-order valence-electron chi connectivity index (χ2n) is 4.12. The highest BCUT2D eigenvalue weighted by atomic mass is 35.5. The van der Waals surface area contributed by atoms with Crippen LogP contribution in [-0.2, 0) is 0 Å². The van der Waals surface area contributed by atoms with Gasteiger partial charge in [-0.05, 0) is 23.6 Å². The zero-order chi connectivity index (χ0) is 14.1. The normalized spacial score (nSPS) is 10.8. The van der Waals surface area contributed by atoms with Crippen molar-refractivity contribution < 1.29 is 0 Å². The minimum atomic E-state index is 0.205. The van der Waals surface area contributed by atoms with Crippen molar-refractivity contribution in [3.8, 4) is 0 Å². The largest absolute Gasteiger partial charge is 0.338 e. The fourth-order valence-electron chi connectivity index (χ4n) is 1.88. The van der Waals surface area contributed by atoms with Gasteiger partial charge in [0.1, 0.15) is 5.15 Å². The molecule has 3 nitrogen and oxygen atoms in total. The maximum atomic E-state index is 6.12. The zero-order valence-corrected chi connectivity index (χ0v) is 12.3. The van der Waals surface area contributed by atoms with Gasteiger partial charge in [-0.3, -0.25) is 4.98 Å². The fraction of sp³-hybridized carbons (Fsp3) is 0. The number of nitrogens with zero attached hydrogens (tertiary/aromatic N) is 2. The molecule has 0 spiro atoms. The standard InChI is InChI=1S/C14H8Cl3N3/c15-10-6-11(16)14(20-13(10)17)19-12-3-1-2-8-4-5-18-7-9(8)12/h1-7H,(H,19,20). The third kappa shape index (κ3) is 2.52. The number of rotatable bonds is 2. The Morgan fingerprint density at radius 2 is 1.85 bits per heavy atom. The Bertz CT molecular complexity index is 784. The molecule has 0 aliphatic rings. The van der Waals surface area contributed by atoms with Crippen LogP contribution in [0, 0.1) is 0 Å². The summed E-state index contributed by atoms with van der Waals surface area (Å²) in [6, 6.07) is 9.36. The summed E-state index contributed by atoms with van der Waals surface area (Å²) in [5, 5.41) is 6.13. The van der Waals surface area contributed by atoms with E-state index in [-0.39, 0.29) is 5.15 Å². The summed E-state index contributed by atoms with van der Waals surface area (Å²) in [4.78, 5) is 8.27. The molecule has 20 heavy (non-hydrogen) atoms. The zero-order valence-electron chi connectivity index (χ0n) is 10.1. The average Bonchev–Trinajstić information content (AvgIpc) is 2.45. The number of hydrogen-bond donors (Lipinski definition) is 1. The van der Waals surface area contributed by atoms with Crippen LogP contribution in [0.4, 0.5) is 11.5 Å². The molecule has 0 atom stereocenters. The Morgan fingerprint density at radius 3 is 2.70 bits per heavy atom. The molecule has 3 rings (SSSR count). The van der Waals surface area contributed by atoms with Crippen molar-refractivity contribution >= 4 is 57.1 Å². The van der Waals surface area contributed by atoms with Crippen molar-refractivity contribution in [2.45, 2.75) is 0 Å². The maximum Gasteiger partial charge on any atom is 0.151 e. The molecular weight excluding hydrogens is 317 g/mol. The highest BCUT2D eigenvalue weighted by Crippen LogP contribution is 2.32. The van der Waals surface area contributed by atoms with Gasteiger partial charge in [0.2, 0.25) is 0 Å². The number of pyridine rings is 2. The van der Waals surface area contributed by atoms with Crippen LogP contribution in [0.3, 0.4) is 0 Å². The molecule has 100 valence electrons. The Morgan fingerprint density at radius 1 is 1.00 bits per heavy atom. The van der Waals surface area contributed by atoms with E-state index in [0.717, 1.165) is 16.5 Å². The average molecular weight is 325 g/mol. The molecule has 0 saturated carbocycles. The molecule has 0 aliphatic carbocycles. The lowest BCUT2D eigenvalue weighted by molar-refractivity contribution is 1.31. The highest BCUT2D eigenvalue weighted by Gasteiger charge is 2.09. The molecule has 3 aromatic rings. The first-order valence-corrected chi connectivity index (χ1v) is 6.90. The van der Waals surface area contributed by atoms with Crippen molar-refractivity contribution in [2.24, 2.45) is 0 Å². The van der Waals surface area contributed by atoms with Crippen molar-refractivity contribution in [3.63, 3.8) is 0 Å². The van der Waals surface area contributed by atoms with E-state index in [1.807, 2.05) is 24.3 Å². The van der Waals surface area contributed by atoms with E-state index in [9.17, 15) is 0 Å². The Kier molecular flexibility index (Phi) is 3.66. The molecule has 0 unspecified atom stereocenters. The monoisotopic (exact) mass is 323 g/mol. The van der Waals surface area contributed by atoms with Gasteiger partial charge in [-0.25, -0.2) is 4.98 Å².